The fraction of sp³-hybridized carbons (Fsp3) is 0.273. The molecule has 0 aliphatic carbocycles. The minimum atomic E-state index is -0.214. The lowest BCUT2D eigenvalue weighted by molar-refractivity contribution is -0.123. The Kier molecular flexibility index (Phi) is 5.64. The van der Waals surface area contributed by atoms with Gasteiger partial charge in [-0.25, -0.2) is 0 Å². The Hall–Kier alpha value is -1.29. The lowest BCUT2D eigenvalue weighted by Gasteiger charge is -2.06. The van der Waals surface area contributed by atoms with Crippen molar-refractivity contribution in [1.82, 2.24) is 5.32 Å². The molecule has 1 aromatic carbocycles. The van der Waals surface area contributed by atoms with Crippen molar-refractivity contribution in [2.45, 2.75) is 6.42 Å². The maximum absolute atomic E-state index is 11.2. The molecule has 0 aromatic heterocycles. The molecule has 1 amide bonds. The fourth-order valence-corrected chi connectivity index (χ4v) is 1.53. The number of ether oxygens (including phenoxy) is 1. The van der Waals surface area contributed by atoms with Crippen LogP contribution in [0.25, 0.3) is 0 Å². The number of halogens is 1. The Morgan fingerprint density at radius 1 is 1.56 bits per heavy atom. The van der Waals surface area contributed by atoms with Gasteiger partial charge in [0.1, 0.15) is 5.75 Å². The summed E-state index contributed by atoms with van der Waals surface area (Å²) in [5.74, 6) is 0.455. The van der Waals surface area contributed by atoms with E-state index in [-0.39, 0.29) is 12.5 Å². The fourth-order valence-electron chi connectivity index (χ4n) is 1.01. The second-order valence-electron chi connectivity index (χ2n) is 3.00. The Morgan fingerprint density at radius 2 is 2.38 bits per heavy atom. The normalized spacial score (nSPS) is 9.25. The average Bonchev–Trinajstić information content (AvgIpc) is 2.27. The van der Waals surface area contributed by atoms with Crippen molar-refractivity contribution in [2.24, 2.45) is 0 Å². The van der Waals surface area contributed by atoms with Gasteiger partial charge in [0, 0.05) is 10.1 Å². The number of carbonyl (C=O) groups is 1. The van der Waals surface area contributed by atoms with E-state index in [0.717, 1.165) is 3.57 Å². The molecule has 0 fully saturated rings. The molecule has 5 heteroatoms. The van der Waals surface area contributed by atoms with Crippen molar-refractivity contribution >= 4 is 28.5 Å². The first-order valence-electron chi connectivity index (χ1n) is 4.74. The zero-order valence-corrected chi connectivity index (χ0v) is 10.7. The first kappa shape index (κ1) is 12.8. The molecule has 1 rings (SSSR count). The van der Waals surface area contributed by atoms with Gasteiger partial charge >= 0.3 is 0 Å². The van der Waals surface area contributed by atoms with Crippen LogP contribution in [0.4, 0.5) is 0 Å². The van der Waals surface area contributed by atoms with E-state index in [1.807, 2.05) is 24.3 Å². The zero-order valence-electron chi connectivity index (χ0n) is 8.57. The van der Waals surface area contributed by atoms with Crippen LogP contribution in [0.3, 0.4) is 0 Å². The van der Waals surface area contributed by atoms with Gasteiger partial charge in [0.25, 0.3) is 5.91 Å². The maximum Gasteiger partial charge on any atom is 0.257 e. The molecule has 0 aliphatic rings. The highest BCUT2D eigenvalue weighted by molar-refractivity contribution is 14.1. The summed E-state index contributed by atoms with van der Waals surface area (Å²) in [6.45, 7) is 0.344. The van der Waals surface area contributed by atoms with Crippen LogP contribution in [0.15, 0.2) is 24.3 Å². The second-order valence-corrected chi connectivity index (χ2v) is 4.25. The van der Waals surface area contributed by atoms with Crippen LogP contribution in [-0.4, -0.2) is 19.1 Å². The molecule has 0 radical (unpaired) electrons. The number of nitriles is 1. The van der Waals surface area contributed by atoms with Crippen LogP contribution in [-0.2, 0) is 4.79 Å². The highest BCUT2D eigenvalue weighted by Crippen LogP contribution is 2.14. The highest BCUT2D eigenvalue weighted by Gasteiger charge is 2.01. The van der Waals surface area contributed by atoms with E-state index in [0.29, 0.717) is 18.7 Å². The summed E-state index contributed by atoms with van der Waals surface area (Å²) in [5.41, 5.74) is 0. The first-order chi connectivity index (χ1) is 7.72. The minimum absolute atomic E-state index is 0.0223. The molecule has 0 spiro atoms. The predicted molar refractivity (Wildman–Crippen MR) is 67.9 cm³/mol. The molecule has 0 heterocycles. The molecule has 0 atom stereocenters. The third-order valence-electron chi connectivity index (χ3n) is 1.72. The molecule has 0 saturated heterocycles. The van der Waals surface area contributed by atoms with Crippen LogP contribution < -0.4 is 10.1 Å². The smallest absolute Gasteiger partial charge is 0.257 e. The zero-order chi connectivity index (χ0) is 11.8. The lowest BCUT2D eigenvalue weighted by atomic mass is 10.3. The summed E-state index contributed by atoms with van der Waals surface area (Å²) in [6, 6.07) is 9.41. The van der Waals surface area contributed by atoms with Crippen LogP contribution in [0, 0.1) is 14.9 Å². The SMILES string of the molecule is N#CCCNC(=O)COc1cccc(I)c1. The topological polar surface area (TPSA) is 62.1 Å². The van der Waals surface area contributed by atoms with Gasteiger partial charge in [-0.05, 0) is 40.8 Å². The average molecular weight is 330 g/mol. The largest absolute Gasteiger partial charge is 0.484 e. The van der Waals surface area contributed by atoms with Gasteiger partial charge in [-0.3, -0.25) is 4.79 Å². The summed E-state index contributed by atoms with van der Waals surface area (Å²) in [7, 11) is 0. The lowest BCUT2D eigenvalue weighted by Crippen LogP contribution is -2.29. The summed E-state index contributed by atoms with van der Waals surface area (Å²) < 4.78 is 6.34. The second kappa shape index (κ2) is 7.06. The highest BCUT2D eigenvalue weighted by atomic mass is 127. The van der Waals surface area contributed by atoms with Crippen molar-refractivity contribution in [2.75, 3.05) is 13.2 Å². The first-order valence-corrected chi connectivity index (χ1v) is 5.82. The summed E-state index contributed by atoms with van der Waals surface area (Å²) in [4.78, 5) is 11.2. The van der Waals surface area contributed by atoms with Crippen LogP contribution >= 0.6 is 22.6 Å². The van der Waals surface area contributed by atoms with Crippen LogP contribution in [0.2, 0.25) is 0 Å². The van der Waals surface area contributed by atoms with Gasteiger partial charge in [0.05, 0.1) is 12.5 Å². The van der Waals surface area contributed by atoms with Gasteiger partial charge in [-0.15, -0.1) is 0 Å². The number of benzene rings is 1. The van der Waals surface area contributed by atoms with E-state index >= 15 is 0 Å². The summed E-state index contributed by atoms with van der Waals surface area (Å²) in [5, 5.41) is 10.9. The number of rotatable bonds is 5. The van der Waals surface area contributed by atoms with Gasteiger partial charge in [-0.1, -0.05) is 6.07 Å². The van der Waals surface area contributed by atoms with Crippen LogP contribution in [0.1, 0.15) is 6.42 Å². The Labute approximate surface area is 108 Å². The third kappa shape index (κ3) is 4.98. The Bertz CT molecular complexity index is 401. The van der Waals surface area contributed by atoms with Gasteiger partial charge in [-0.2, -0.15) is 5.26 Å². The van der Waals surface area contributed by atoms with E-state index < -0.39 is 0 Å². The molecular formula is C11H11IN2O2. The summed E-state index contributed by atoms with van der Waals surface area (Å²) >= 11 is 2.17. The molecule has 1 aromatic rings. The van der Waals surface area contributed by atoms with Gasteiger partial charge in [0.2, 0.25) is 0 Å². The van der Waals surface area contributed by atoms with Crippen molar-refractivity contribution < 1.29 is 9.53 Å². The number of hydrogen-bond donors (Lipinski definition) is 1. The number of amides is 1. The summed E-state index contributed by atoms with van der Waals surface area (Å²) in [6.07, 6.45) is 0.314. The predicted octanol–water partition coefficient (Wildman–Crippen LogP) is 1.70. The van der Waals surface area contributed by atoms with E-state index in [2.05, 4.69) is 27.9 Å². The molecule has 84 valence electrons. The molecule has 4 nitrogen and oxygen atoms in total. The third-order valence-corrected chi connectivity index (χ3v) is 2.40. The molecule has 0 aliphatic heterocycles. The molecule has 1 N–H and O–H groups in total. The van der Waals surface area contributed by atoms with E-state index in [1.165, 1.54) is 0 Å². The molecule has 0 unspecified atom stereocenters. The monoisotopic (exact) mass is 330 g/mol. The number of hydrogen-bond acceptors (Lipinski definition) is 3. The quantitative estimate of drug-likeness (QED) is 0.660. The molecular weight excluding hydrogens is 319 g/mol. The Morgan fingerprint density at radius 3 is 3.06 bits per heavy atom. The maximum atomic E-state index is 11.2. The molecule has 0 bridgehead atoms. The van der Waals surface area contributed by atoms with Crippen molar-refractivity contribution in [3.63, 3.8) is 0 Å². The van der Waals surface area contributed by atoms with Crippen molar-refractivity contribution in [1.29, 1.82) is 5.26 Å². The van der Waals surface area contributed by atoms with Crippen molar-refractivity contribution in [3.8, 4) is 11.8 Å². The van der Waals surface area contributed by atoms with E-state index in [9.17, 15) is 4.79 Å². The van der Waals surface area contributed by atoms with E-state index in [4.69, 9.17) is 10.00 Å². The molecule has 16 heavy (non-hydrogen) atoms. The van der Waals surface area contributed by atoms with Gasteiger partial charge in [0.15, 0.2) is 6.61 Å². The Balaban J connectivity index is 2.29. The van der Waals surface area contributed by atoms with Crippen LogP contribution in [0.5, 0.6) is 5.75 Å². The molecule has 0 saturated carbocycles. The standard InChI is InChI=1S/C11H11IN2O2/c12-9-3-1-4-10(7-9)16-8-11(15)14-6-2-5-13/h1,3-4,7H,2,6,8H2,(H,14,15). The number of carbonyl (C=O) groups excluding carboxylic acids is 1. The number of nitrogens with zero attached hydrogens (tertiary/aromatic N) is 1. The van der Waals surface area contributed by atoms with Gasteiger partial charge < -0.3 is 10.1 Å². The van der Waals surface area contributed by atoms with E-state index in [1.54, 1.807) is 6.07 Å². The minimum Gasteiger partial charge on any atom is -0.484 e. The number of nitrogens with one attached hydrogen (secondary N) is 1. The van der Waals surface area contributed by atoms with Crippen molar-refractivity contribution in [3.05, 3.63) is 27.8 Å².